The topological polar surface area (TPSA) is 3.24 Å². The maximum atomic E-state index is 8.34. The van der Waals surface area contributed by atoms with Crippen molar-refractivity contribution in [2.24, 2.45) is 0 Å². The Bertz CT molecular complexity index is 595. The van der Waals surface area contributed by atoms with Gasteiger partial charge in [-0.25, -0.2) is 0 Å². The molecular formula is C13H17N. The van der Waals surface area contributed by atoms with Gasteiger partial charge in [0.2, 0.25) is 0 Å². The summed E-state index contributed by atoms with van der Waals surface area (Å²) in [5.41, 5.74) is 0.0429. The Morgan fingerprint density at radius 3 is 3.14 bits per heavy atom. The minimum absolute atomic E-state index is 0.0429. The van der Waals surface area contributed by atoms with Crippen LogP contribution in [0, 0.1) is 12.3 Å². The van der Waals surface area contributed by atoms with Gasteiger partial charge in [-0.3, -0.25) is 4.90 Å². The fraction of sp³-hybridized carbons (Fsp3) is 0.385. The molecule has 1 rings (SSSR count). The van der Waals surface area contributed by atoms with Crippen LogP contribution in [0.5, 0.6) is 0 Å². The van der Waals surface area contributed by atoms with Crippen molar-refractivity contribution in [1.82, 2.24) is 4.90 Å². The van der Waals surface area contributed by atoms with E-state index >= 15 is 0 Å². The van der Waals surface area contributed by atoms with Gasteiger partial charge in [-0.05, 0) is 25.8 Å². The van der Waals surface area contributed by atoms with Crippen molar-refractivity contribution in [2.75, 3.05) is 13.5 Å². The molecule has 0 fully saturated rings. The molecule has 1 heteroatoms. The van der Waals surface area contributed by atoms with Gasteiger partial charge in [-0.2, -0.15) is 0 Å². The average molecular weight is 196 g/mol. The van der Waals surface area contributed by atoms with Crippen molar-refractivity contribution < 1.29 is 12.3 Å². The summed E-state index contributed by atoms with van der Waals surface area (Å²) in [7, 11) is 0. The number of terminal acetylenes is 1. The van der Waals surface area contributed by atoms with Crippen molar-refractivity contribution in [3.63, 3.8) is 0 Å². The Balaban J connectivity index is 3.53. The lowest BCUT2D eigenvalue weighted by Crippen LogP contribution is -2.31. The van der Waals surface area contributed by atoms with Crippen LogP contribution in [0.2, 0.25) is 0 Å². The smallest absolute Gasteiger partial charge is 0.124 e. The van der Waals surface area contributed by atoms with E-state index in [0.29, 0.717) is 0 Å². The summed E-state index contributed by atoms with van der Waals surface area (Å²) in [4.78, 5) is 0.0849. The van der Waals surface area contributed by atoms with Crippen molar-refractivity contribution in [3.8, 4) is 12.3 Å². The highest BCUT2D eigenvalue weighted by molar-refractivity contribution is 5.15. The summed E-state index contributed by atoms with van der Waals surface area (Å²) in [6.07, 6.45) is -0.963. The lowest BCUT2D eigenvalue weighted by Gasteiger charge is -2.22. The third-order valence-corrected chi connectivity index (χ3v) is 1.60. The minimum Gasteiger partial charge on any atom is -0.292 e. The third kappa shape index (κ3) is 3.24. The zero-order valence-corrected chi connectivity index (χ0v) is 7.83. The van der Waals surface area contributed by atoms with Crippen LogP contribution in [0.3, 0.4) is 0 Å². The fourth-order valence-corrected chi connectivity index (χ4v) is 0.926. The summed E-state index contributed by atoms with van der Waals surface area (Å²) in [5, 5.41) is 0. The van der Waals surface area contributed by atoms with Crippen LogP contribution >= 0.6 is 0 Å². The Kier molecular flexibility index (Phi) is 1.45. The second-order valence-electron chi connectivity index (χ2n) is 2.65. The van der Waals surface area contributed by atoms with E-state index in [-0.39, 0.29) is 10.5 Å². The lowest BCUT2D eigenvalue weighted by molar-refractivity contribution is 0.287. The Labute approximate surface area is 99.4 Å². The molecule has 14 heavy (non-hydrogen) atoms. The molecular weight excluding hydrogens is 170 g/mol. The summed E-state index contributed by atoms with van der Waals surface area (Å²) in [6, 6.07) is 5.01. The lowest BCUT2D eigenvalue weighted by atomic mass is 10.1. The van der Waals surface area contributed by atoms with Crippen LogP contribution in [-0.2, 0) is 6.37 Å². The molecule has 1 atom stereocenters. The van der Waals surface area contributed by atoms with Gasteiger partial charge in [-0.1, -0.05) is 36.3 Å². The van der Waals surface area contributed by atoms with Crippen molar-refractivity contribution in [3.05, 3.63) is 35.9 Å². The van der Waals surface area contributed by atoms with Gasteiger partial charge in [-0.15, -0.1) is 6.40 Å². The van der Waals surface area contributed by atoms with Crippen LogP contribution in [0.25, 0.3) is 0 Å². The quantitative estimate of drug-likeness (QED) is 0.667. The second-order valence-corrected chi connectivity index (χ2v) is 2.65. The van der Waals surface area contributed by atoms with E-state index in [1.807, 2.05) is 0 Å². The highest BCUT2D eigenvalue weighted by Gasteiger charge is 2.07. The zero-order chi connectivity index (χ0) is 18.1. The van der Waals surface area contributed by atoms with Crippen molar-refractivity contribution >= 4 is 0 Å². The highest BCUT2D eigenvalue weighted by Crippen LogP contribution is 2.06. The molecule has 0 aliphatic carbocycles. The molecule has 0 bridgehead atoms. The number of likely N-dealkylation sites (N-methyl/N-ethyl adjacent to an activating group) is 1. The van der Waals surface area contributed by atoms with E-state index in [9.17, 15) is 0 Å². The number of nitrogens with zero attached hydrogens (tertiary/aromatic N) is 1. The Morgan fingerprint density at radius 1 is 1.71 bits per heavy atom. The Hall–Kier alpha value is -1.26. The summed E-state index contributed by atoms with van der Waals surface area (Å²) >= 11 is 0. The molecule has 0 saturated carbocycles. The van der Waals surface area contributed by atoms with Gasteiger partial charge in [0.05, 0.1) is 9.24 Å². The molecule has 0 spiro atoms. The summed E-state index contributed by atoms with van der Waals surface area (Å²) in [5.74, 6) is 1.79. The second kappa shape index (κ2) is 5.47. The first kappa shape index (κ1) is 3.72. The predicted octanol–water partition coefficient (Wildman–Crippen LogP) is 2.18. The van der Waals surface area contributed by atoms with Gasteiger partial charge in [0.15, 0.2) is 0 Å². The number of benzene rings is 1. The average Bonchev–Trinajstić information content (AvgIpc) is 2.36. The summed E-state index contributed by atoms with van der Waals surface area (Å²) in [6.45, 7) is -5.03. The standard InChI is InChI=1S/C13H17N/c1-4-10-14(3)12(2)11-13-8-6-5-7-9-13/h1,5-9,12H,10-11H2,2-3H3/t12-/m0/s1/i1D,3D3,10D2,11D2,12D. The number of hydrogen-bond acceptors (Lipinski definition) is 1. The van der Waals surface area contributed by atoms with Crippen LogP contribution in [-0.4, -0.2) is 24.4 Å². The third-order valence-electron chi connectivity index (χ3n) is 1.60. The van der Waals surface area contributed by atoms with Crippen molar-refractivity contribution in [2.45, 2.75) is 19.3 Å². The molecule has 0 N–H and O–H groups in total. The maximum Gasteiger partial charge on any atom is 0.124 e. The van der Waals surface area contributed by atoms with E-state index in [1.54, 1.807) is 30.5 Å². The van der Waals surface area contributed by atoms with Crippen LogP contribution in [0.15, 0.2) is 30.3 Å². The van der Waals surface area contributed by atoms with E-state index in [2.05, 4.69) is 0 Å². The molecule has 0 saturated heterocycles. The van der Waals surface area contributed by atoms with Crippen molar-refractivity contribution in [1.29, 1.82) is 0 Å². The first-order valence-corrected chi connectivity index (χ1v) is 4.08. The van der Waals surface area contributed by atoms with Gasteiger partial charge in [0.1, 0.15) is 1.37 Å². The maximum absolute atomic E-state index is 8.34. The molecule has 0 amide bonds. The monoisotopic (exact) mass is 196 g/mol. The molecule has 0 aliphatic rings. The number of rotatable bonds is 4. The van der Waals surface area contributed by atoms with Gasteiger partial charge < -0.3 is 0 Å². The van der Waals surface area contributed by atoms with E-state index in [0.717, 1.165) is 6.92 Å². The molecule has 1 nitrogen and oxygen atoms in total. The molecule has 0 unspecified atom stereocenters. The molecule has 0 aliphatic heterocycles. The van der Waals surface area contributed by atoms with Gasteiger partial charge >= 0.3 is 0 Å². The van der Waals surface area contributed by atoms with E-state index < -0.39 is 25.9 Å². The van der Waals surface area contributed by atoms with Crippen LogP contribution < -0.4 is 0 Å². The van der Waals surface area contributed by atoms with Gasteiger partial charge in [0.25, 0.3) is 0 Å². The van der Waals surface area contributed by atoms with Gasteiger partial charge in [0, 0.05) is 14.2 Å². The Morgan fingerprint density at radius 2 is 2.50 bits per heavy atom. The normalized spacial score (nSPS) is 26.6. The van der Waals surface area contributed by atoms with Crippen LogP contribution in [0.4, 0.5) is 0 Å². The largest absolute Gasteiger partial charge is 0.292 e. The van der Waals surface area contributed by atoms with E-state index in [4.69, 9.17) is 12.3 Å². The minimum atomic E-state index is -3.13. The molecule has 0 heterocycles. The molecule has 0 aromatic heterocycles. The molecule has 1 aromatic carbocycles. The SMILES string of the molecule is [2H]C#CC([2H])([2H])N(C([2H])([2H])[2H])[C@@]([2H])(C)C([2H])([2H])c1ccccc1. The molecule has 1 aromatic rings. The highest BCUT2D eigenvalue weighted by atomic mass is 15.1. The van der Waals surface area contributed by atoms with Crippen LogP contribution in [0.1, 0.15) is 24.8 Å². The first-order valence-electron chi connectivity index (χ1n) is 8.58. The fourth-order valence-electron chi connectivity index (χ4n) is 0.926. The molecule has 74 valence electrons. The number of hydrogen-bond donors (Lipinski definition) is 0. The zero-order valence-electron chi connectivity index (χ0n) is 16.8. The molecule has 0 radical (unpaired) electrons. The predicted molar refractivity (Wildman–Crippen MR) is 61.1 cm³/mol. The van der Waals surface area contributed by atoms with E-state index in [1.165, 1.54) is 12.1 Å². The first-order chi connectivity index (χ1) is 10.3. The summed E-state index contributed by atoms with van der Waals surface area (Å²) < 4.78 is 69.7.